The highest BCUT2D eigenvalue weighted by molar-refractivity contribution is 5.83. The second-order valence-electron chi connectivity index (χ2n) is 4.71. The summed E-state index contributed by atoms with van der Waals surface area (Å²) in [4.78, 5) is 11.0. The summed E-state index contributed by atoms with van der Waals surface area (Å²) in [7, 11) is 0. The molecule has 1 aliphatic carbocycles. The first kappa shape index (κ1) is 10.5. The molecule has 1 amide bonds. The van der Waals surface area contributed by atoms with Crippen molar-refractivity contribution in [1.29, 1.82) is 0 Å². The molecule has 0 aromatic carbocycles. The normalized spacial score (nSPS) is 19.9. The van der Waals surface area contributed by atoms with Gasteiger partial charge >= 0.3 is 0 Å². The minimum Gasteiger partial charge on any atom is -0.368 e. The summed E-state index contributed by atoms with van der Waals surface area (Å²) < 4.78 is 0. The van der Waals surface area contributed by atoms with Crippen LogP contribution >= 0.6 is 0 Å². The average molecular weight is 184 g/mol. The number of amides is 1. The molecule has 3 N–H and O–H groups in total. The van der Waals surface area contributed by atoms with Crippen LogP contribution < -0.4 is 11.1 Å². The van der Waals surface area contributed by atoms with Crippen LogP contribution in [-0.4, -0.2) is 17.5 Å². The van der Waals surface area contributed by atoms with E-state index >= 15 is 0 Å². The predicted octanol–water partition coefficient (Wildman–Crippen LogP) is 1.03. The van der Waals surface area contributed by atoms with E-state index < -0.39 is 5.54 Å². The van der Waals surface area contributed by atoms with Crippen LogP contribution in [0, 0.1) is 5.92 Å². The van der Waals surface area contributed by atoms with E-state index in [4.69, 9.17) is 5.73 Å². The largest absolute Gasteiger partial charge is 0.368 e. The zero-order chi connectivity index (χ0) is 10.1. The van der Waals surface area contributed by atoms with E-state index in [-0.39, 0.29) is 5.91 Å². The molecule has 0 aliphatic heterocycles. The third-order valence-corrected chi connectivity index (χ3v) is 2.61. The van der Waals surface area contributed by atoms with Gasteiger partial charge in [0, 0.05) is 6.04 Å². The molecule has 1 fully saturated rings. The quantitative estimate of drug-likeness (QED) is 0.670. The van der Waals surface area contributed by atoms with E-state index in [9.17, 15) is 4.79 Å². The smallest absolute Gasteiger partial charge is 0.237 e. The molecule has 0 radical (unpaired) electrons. The third kappa shape index (κ3) is 3.35. The van der Waals surface area contributed by atoms with Crippen molar-refractivity contribution in [3.63, 3.8) is 0 Å². The summed E-state index contributed by atoms with van der Waals surface area (Å²) in [6.07, 6.45) is 3.86. The minimum atomic E-state index is -0.575. The summed E-state index contributed by atoms with van der Waals surface area (Å²) in [5.74, 6) is 0.598. The Kier molecular flexibility index (Phi) is 2.96. The van der Waals surface area contributed by atoms with Crippen LogP contribution in [0.15, 0.2) is 0 Å². The van der Waals surface area contributed by atoms with E-state index in [0.29, 0.717) is 6.04 Å². The van der Waals surface area contributed by atoms with Crippen LogP contribution in [0.3, 0.4) is 0 Å². The Morgan fingerprint density at radius 2 is 2.15 bits per heavy atom. The molecule has 1 unspecified atom stereocenters. The van der Waals surface area contributed by atoms with Gasteiger partial charge < -0.3 is 11.1 Å². The molecule has 1 rings (SSSR count). The lowest BCUT2D eigenvalue weighted by Gasteiger charge is -2.27. The minimum absolute atomic E-state index is 0.282. The number of hydrogen-bond donors (Lipinski definition) is 2. The highest BCUT2D eigenvalue weighted by Gasteiger charge is 2.29. The first-order valence-electron chi connectivity index (χ1n) is 4.99. The molecule has 76 valence electrons. The SMILES string of the molecule is CC(CC1CC1)NC(C)(C)C(N)=O. The lowest BCUT2D eigenvalue weighted by Crippen LogP contribution is -2.53. The van der Waals surface area contributed by atoms with Gasteiger partial charge in [-0.25, -0.2) is 0 Å². The third-order valence-electron chi connectivity index (χ3n) is 2.61. The number of carbonyl (C=O) groups is 1. The first-order chi connectivity index (χ1) is 5.92. The van der Waals surface area contributed by atoms with Crippen LogP contribution in [0.4, 0.5) is 0 Å². The molecule has 0 aromatic heterocycles. The molecule has 1 saturated carbocycles. The molecule has 13 heavy (non-hydrogen) atoms. The van der Waals surface area contributed by atoms with Crippen molar-refractivity contribution in [3.8, 4) is 0 Å². The molecule has 0 bridgehead atoms. The topological polar surface area (TPSA) is 55.1 Å². The summed E-state index contributed by atoms with van der Waals surface area (Å²) in [5, 5.41) is 3.25. The predicted molar refractivity (Wildman–Crippen MR) is 53.2 cm³/mol. The maximum absolute atomic E-state index is 11.0. The number of carbonyl (C=O) groups excluding carboxylic acids is 1. The van der Waals surface area contributed by atoms with Gasteiger partial charge in [-0.1, -0.05) is 12.8 Å². The first-order valence-corrected chi connectivity index (χ1v) is 4.99. The zero-order valence-corrected chi connectivity index (χ0v) is 8.76. The Balaban J connectivity index is 2.32. The Labute approximate surface area is 80.1 Å². The molecule has 0 saturated heterocycles. The lowest BCUT2D eigenvalue weighted by atomic mass is 10.0. The highest BCUT2D eigenvalue weighted by Crippen LogP contribution is 2.33. The fraction of sp³-hybridized carbons (Fsp3) is 0.900. The second kappa shape index (κ2) is 3.66. The molecular formula is C10H20N2O. The van der Waals surface area contributed by atoms with Crippen LogP contribution in [0.1, 0.15) is 40.0 Å². The molecular weight excluding hydrogens is 164 g/mol. The fourth-order valence-electron chi connectivity index (χ4n) is 1.60. The van der Waals surface area contributed by atoms with E-state index in [2.05, 4.69) is 12.2 Å². The number of nitrogens with two attached hydrogens (primary N) is 1. The Hall–Kier alpha value is -0.570. The van der Waals surface area contributed by atoms with Gasteiger partial charge in [0.15, 0.2) is 0 Å². The second-order valence-corrected chi connectivity index (χ2v) is 4.71. The Morgan fingerprint density at radius 3 is 2.54 bits per heavy atom. The average Bonchev–Trinajstić information content (AvgIpc) is 2.69. The van der Waals surface area contributed by atoms with E-state index in [1.165, 1.54) is 12.8 Å². The van der Waals surface area contributed by atoms with E-state index in [0.717, 1.165) is 12.3 Å². The van der Waals surface area contributed by atoms with E-state index in [1.54, 1.807) is 0 Å². The Bertz CT molecular complexity index is 197. The molecule has 1 atom stereocenters. The molecule has 3 heteroatoms. The lowest BCUT2D eigenvalue weighted by molar-refractivity contribution is -0.123. The zero-order valence-electron chi connectivity index (χ0n) is 8.76. The number of primary amides is 1. The number of hydrogen-bond acceptors (Lipinski definition) is 2. The molecule has 0 heterocycles. The fourth-order valence-corrected chi connectivity index (χ4v) is 1.60. The van der Waals surface area contributed by atoms with Gasteiger partial charge in [-0.2, -0.15) is 0 Å². The standard InChI is InChI=1S/C10H20N2O/c1-7(6-8-4-5-8)12-10(2,3)9(11)13/h7-8,12H,4-6H2,1-3H3,(H2,11,13). The van der Waals surface area contributed by atoms with Crippen molar-refractivity contribution in [3.05, 3.63) is 0 Å². The van der Waals surface area contributed by atoms with Gasteiger partial charge in [-0.05, 0) is 33.1 Å². The molecule has 3 nitrogen and oxygen atoms in total. The summed E-state index contributed by atoms with van der Waals surface area (Å²) >= 11 is 0. The van der Waals surface area contributed by atoms with Crippen molar-refractivity contribution >= 4 is 5.91 Å². The molecule has 0 spiro atoms. The van der Waals surface area contributed by atoms with Gasteiger partial charge in [-0.15, -0.1) is 0 Å². The van der Waals surface area contributed by atoms with E-state index in [1.807, 2.05) is 13.8 Å². The van der Waals surface area contributed by atoms with Crippen LogP contribution in [0.25, 0.3) is 0 Å². The van der Waals surface area contributed by atoms with Gasteiger partial charge in [0.2, 0.25) is 5.91 Å². The summed E-state index contributed by atoms with van der Waals surface area (Å²) in [5.41, 5.74) is 4.69. The van der Waals surface area contributed by atoms with Crippen molar-refractivity contribution in [2.75, 3.05) is 0 Å². The van der Waals surface area contributed by atoms with Gasteiger partial charge in [0.05, 0.1) is 5.54 Å². The Morgan fingerprint density at radius 1 is 1.62 bits per heavy atom. The van der Waals surface area contributed by atoms with Crippen molar-refractivity contribution < 1.29 is 4.79 Å². The molecule has 1 aliphatic rings. The maximum Gasteiger partial charge on any atom is 0.237 e. The van der Waals surface area contributed by atoms with Gasteiger partial charge in [-0.3, -0.25) is 4.79 Å². The van der Waals surface area contributed by atoms with Crippen molar-refractivity contribution in [2.45, 2.75) is 51.6 Å². The number of nitrogens with one attached hydrogen (secondary N) is 1. The van der Waals surface area contributed by atoms with Crippen LogP contribution in [0.2, 0.25) is 0 Å². The van der Waals surface area contributed by atoms with Crippen molar-refractivity contribution in [2.24, 2.45) is 11.7 Å². The van der Waals surface area contributed by atoms with Crippen LogP contribution in [-0.2, 0) is 4.79 Å². The summed E-state index contributed by atoms with van der Waals surface area (Å²) in [6.45, 7) is 5.78. The maximum atomic E-state index is 11.0. The molecule has 0 aromatic rings. The highest BCUT2D eigenvalue weighted by atomic mass is 16.1. The van der Waals surface area contributed by atoms with Crippen molar-refractivity contribution in [1.82, 2.24) is 5.32 Å². The van der Waals surface area contributed by atoms with Gasteiger partial charge in [0.1, 0.15) is 0 Å². The summed E-state index contributed by atoms with van der Waals surface area (Å²) in [6, 6.07) is 0.384. The van der Waals surface area contributed by atoms with Gasteiger partial charge in [0.25, 0.3) is 0 Å². The van der Waals surface area contributed by atoms with Crippen LogP contribution in [0.5, 0.6) is 0 Å². The number of rotatable bonds is 5. The monoisotopic (exact) mass is 184 g/mol.